The van der Waals surface area contributed by atoms with Crippen molar-refractivity contribution in [3.63, 3.8) is 0 Å². The van der Waals surface area contributed by atoms with Gasteiger partial charge >= 0.3 is 0 Å². The summed E-state index contributed by atoms with van der Waals surface area (Å²) in [7, 11) is 0. The standard InChI is InChI=1S/C18H24N2O6S2/c21-15(9-27-11-17(23)19-7-13-3-1-5-25-13)16(22)10-28-12-18(24)20-8-14-4-2-6-26-14/h1-6,15-16,21-22H,7-12H2,(H,19,23)(H,20,24). The van der Waals surface area contributed by atoms with Gasteiger partial charge < -0.3 is 29.7 Å². The molecule has 0 aliphatic rings. The second-order valence-corrected chi connectivity index (χ2v) is 7.94. The second-order valence-electron chi connectivity index (χ2n) is 5.88. The Hall–Kier alpha value is -1.88. The van der Waals surface area contributed by atoms with E-state index < -0.39 is 12.2 Å². The van der Waals surface area contributed by atoms with Crippen molar-refractivity contribution in [2.45, 2.75) is 25.3 Å². The van der Waals surface area contributed by atoms with Crippen LogP contribution in [0.1, 0.15) is 11.5 Å². The Labute approximate surface area is 171 Å². The lowest BCUT2D eigenvalue weighted by Crippen LogP contribution is -2.32. The Kier molecular flexibility index (Phi) is 10.0. The fourth-order valence-corrected chi connectivity index (χ4v) is 3.80. The van der Waals surface area contributed by atoms with E-state index in [2.05, 4.69) is 10.6 Å². The Morgan fingerprint density at radius 1 is 0.857 bits per heavy atom. The van der Waals surface area contributed by atoms with Crippen LogP contribution < -0.4 is 10.6 Å². The van der Waals surface area contributed by atoms with E-state index in [1.165, 1.54) is 36.1 Å². The zero-order valence-corrected chi connectivity index (χ0v) is 16.8. The van der Waals surface area contributed by atoms with E-state index in [1.807, 2.05) is 0 Å². The zero-order chi connectivity index (χ0) is 20.2. The number of aliphatic hydroxyl groups excluding tert-OH is 2. The minimum atomic E-state index is -0.971. The number of rotatable bonds is 13. The Bertz CT molecular complexity index is 633. The van der Waals surface area contributed by atoms with Crippen molar-refractivity contribution in [1.82, 2.24) is 10.6 Å². The Balaban J connectivity index is 1.50. The van der Waals surface area contributed by atoms with Gasteiger partial charge in [0.1, 0.15) is 11.5 Å². The van der Waals surface area contributed by atoms with Crippen molar-refractivity contribution in [1.29, 1.82) is 0 Å². The maximum absolute atomic E-state index is 11.7. The number of furan rings is 2. The van der Waals surface area contributed by atoms with Gasteiger partial charge in [-0.25, -0.2) is 0 Å². The van der Waals surface area contributed by atoms with E-state index in [9.17, 15) is 19.8 Å². The van der Waals surface area contributed by atoms with Crippen LogP contribution >= 0.6 is 23.5 Å². The van der Waals surface area contributed by atoms with Gasteiger partial charge in [0.05, 0.1) is 49.3 Å². The maximum atomic E-state index is 11.7. The molecule has 0 saturated heterocycles. The van der Waals surface area contributed by atoms with Crippen molar-refractivity contribution in [2.24, 2.45) is 0 Å². The number of hydrogen-bond donors (Lipinski definition) is 4. The molecule has 0 bridgehead atoms. The molecule has 2 unspecified atom stereocenters. The fourth-order valence-electron chi connectivity index (χ4n) is 2.07. The number of aliphatic hydroxyl groups is 2. The van der Waals surface area contributed by atoms with Gasteiger partial charge in [-0.1, -0.05) is 0 Å². The first-order chi connectivity index (χ1) is 13.5. The average molecular weight is 429 g/mol. The molecule has 2 aromatic rings. The van der Waals surface area contributed by atoms with Crippen LogP contribution in [0.5, 0.6) is 0 Å². The molecular formula is C18H24N2O6S2. The van der Waals surface area contributed by atoms with Crippen LogP contribution in [0.25, 0.3) is 0 Å². The number of thioether (sulfide) groups is 2. The first-order valence-corrected chi connectivity index (χ1v) is 11.0. The molecule has 0 fully saturated rings. The van der Waals surface area contributed by atoms with E-state index in [-0.39, 0.29) is 34.8 Å². The highest BCUT2D eigenvalue weighted by Crippen LogP contribution is 2.11. The maximum Gasteiger partial charge on any atom is 0.230 e. The van der Waals surface area contributed by atoms with Crippen LogP contribution in [0.2, 0.25) is 0 Å². The smallest absolute Gasteiger partial charge is 0.230 e. The van der Waals surface area contributed by atoms with Gasteiger partial charge in [0, 0.05) is 11.5 Å². The van der Waals surface area contributed by atoms with Gasteiger partial charge in [-0.3, -0.25) is 9.59 Å². The van der Waals surface area contributed by atoms with Gasteiger partial charge in [0.15, 0.2) is 0 Å². The average Bonchev–Trinajstić information content (AvgIpc) is 3.38. The summed E-state index contributed by atoms with van der Waals surface area (Å²) in [6, 6.07) is 7.02. The van der Waals surface area contributed by atoms with Crippen molar-refractivity contribution >= 4 is 35.3 Å². The topological polar surface area (TPSA) is 125 Å². The molecule has 10 heteroatoms. The number of carbonyl (C=O) groups excluding carboxylic acids is 2. The van der Waals surface area contributed by atoms with Crippen LogP contribution in [0.4, 0.5) is 0 Å². The molecule has 2 rings (SSSR count). The molecule has 154 valence electrons. The van der Waals surface area contributed by atoms with Crippen molar-refractivity contribution in [2.75, 3.05) is 23.0 Å². The highest BCUT2D eigenvalue weighted by atomic mass is 32.2. The summed E-state index contributed by atoms with van der Waals surface area (Å²) in [6.45, 7) is 0.631. The molecule has 0 saturated carbocycles. The van der Waals surface area contributed by atoms with Crippen LogP contribution in [-0.2, 0) is 22.7 Å². The Morgan fingerprint density at radius 2 is 1.29 bits per heavy atom. The third-order valence-corrected chi connectivity index (χ3v) is 5.65. The molecule has 28 heavy (non-hydrogen) atoms. The van der Waals surface area contributed by atoms with Gasteiger partial charge in [-0.05, 0) is 24.3 Å². The van der Waals surface area contributed by atoms with Crippen LogP contribution in [0.3, 0.4) is 0 Å². The molecule has 2 aromatic heterocycles. The van der Waals surface area contributed by atoms with E-state index in [1.54, 1.807) is 24.3 Å². The lowest BCUT2D eigenvalue weighted by atomic mass is 10.3. The second kappa shape index (κ2) is 12.6. The third kappa shape index (κ3) is 8.87. The summed E-state index contributed by atoms with van der Waals surface area (Å²) in [6.07, 6.45) is 1.13. The third-order valence-electron chi connectivity index (χ3n) is 3.57. The monoisotopic (exact) mass is 428 g/mol. The summed E-state index contributed by atoms with van der Waals surface area (Å²) >= 11 is 2.46. The van der Waals surface area contributed by atoms with Gasteiger partial charge in [-0.2, -0.15) is 0 Å². The first kappa shape index (κ1) is 22.4. The summed E-state index contributed by atoms with van der Waals surface area (Å²) in [5, 5.41) is 25.3. The largest absolute Gasteiger partial charge is 0.467 e. The molecule has 0 aliphatic heterocycles. The van der Waals surface area contributed by atoms with Gasteiger partial charge in [0.2, 0.25) is 11.8 Å². The molecule has 4 N–H and O–H groups in total. The normalized spacial score (nSPS) is 13.1. The van der Waals surface area contributed by atoms with E-state index in [4.69, 9.17) is 8.83 Å². The molecule has 2 atom stereocenters. The number of nitrogens with one attached hydrogen (secondary N) is 2. The summed E-state index contributed by atoms with van der Waals surface area (Å²) < 4.78 is 10.2. The number of hydrogen-bond acceptors (Lipinski definition) is 8. The summed E-state index contributed by atoms with van der Waals surface area (Å²) in [4.78, 5) is 23.4. The number of carbonyl (C=O) groups is 2. The molecule has 2 heterocycles. The van der Waals surface area contributed by atoms with Crippen molar-refractivity contribution in [3.05, 3.63) is 48.3 Å². The zero-order valence-electron chi connectivity index (χ0n) is 15.2. The minimum Gasteiger partial charge on any atom is -0.467 e. The van der Waals surface area contributed by atoms with Gasteiger partial charge in [0.25, 0.3) is 0 Å². The molecule has 0 aromatic carbocycles. The molecule has 0 radical (unpaired) electrons. The highest BCUT2D eigenvalue weighted by Gasteiger charge is 2.17. The van der Waals surface area contributed by atoms with Crippen molar-refractivity contribution in [3.8, 4) is 0 Å². The summed E-state index contributed by atoms with van der Waals surface area (Å²) in [5.74, 6) is 1.77. The van der Waals surface area contributed by atoms with Crippen LogP contribution in [-0.4, -0.2) is 57.2 Å². The first-order valence-electron chi connectivity index (χ1n) is 8.64. The van der Waals surface area contributed by atoms with E-state index >= 15 is 0 Å². The van der Waals surface area contributed by atoms with Gasteiger partial charge in [-0.15, -0.1) is 23.5 Å². The van der Waals surface area contributed by atoms with E-state index in [0.29, 0.717) is 24.6 Å². The Morgan fingerprint density at radius 3 is 1.64 bits per heavy atom. The van der Waals surface area contributed by atoms with Crippen molar-refractivity contribution < 1.29 is 28.6 Å². The highest BCUT2D eigenvalue weighted by molar-refractivity contribution is 8.00. The molecule has 0 spiro atoms. The summed E-state index contributed by atoms with van der Waals surface area (Å²) in [5.41, 5.74) is 0. The lowest BCUT2D eigenvalue weighted by Gasteiger charge is -2.17. The fraction of sp³-hybridized carbons (Fsp3) is 0.444. The predicted molar refractivity (Wildman–Crippen MR) is 108 cm³/mol. The predicted octanol–water partition coefficient (Wildman–Crippen LogP) is 0.993. The quantitative estimate of drug-likeness (QED) is 0.372. The molecule has 2 amide bonds. The molecule has 8 nitrogen and oxygen atoms in total. The lowest BCUT2D eigenvalue weighted by molar-refractivity contribution is -0.119. The van der Waals surface area contributed by atoms with Crippen LogP contribution in [0, 0.1) is 0 Å². The van der Waals surface area contributed by atoms with E-state index in [0.717, 1.165) is 0 Å². The van der Waals surface area contributed by atoms with Crippen LogP contribution in [0.15, 0.2) is 45.6 Å². The number of amides is 2. The SMILES string of the molecule is O=C(CSCC(O)C(O)CSCC(=O)NCc1ccco1)NCc1ccco1. The molecule has 0 aliphatic carbocycles. The minimum absolute atomic E-state index is 0.173. The molecular weight excluding hydrogens is 404 g/mol.